The van der Waals surface area contributed by atoms with Gasteiger partial charge in [-0.2, -0.15) is 0 Å². The SMILES string of the molecule is c1ccc(-c2cc(-c3ccc(-c4cccc5ccccc45)cc3)cc(-c3ccc4cc(-c5ccccc5)ccc4c3)c2)cc1. The largest absolute Gasteiger partial charge is 0.0622 e. The minimum atomic E-state index is 1.21. The van der Waals surface area contributed by atoms with Crippen LogP contribution in [0, 0.1) is 0 Å². The van der Waals surface area contributed by atoms with E-state index in [0.717, 1.165) is 0 Å². The Hall–Kier alpha value is -5.72. The summed E-state index contributed by atoms with van der Waals surface area (Å²) in [5.74, 6) is 0. The van der Waals surface area contributed by atoms with E-state index >= 15 is 0 Å². The van der Waals surface area contributed by atoms with Crippen LogP contribution in [-0.2, 0) is 0 Å². The van der Waals surface area contributed by atoms with Gasteiger partial charge in [0.25, 0.3) is 0 Å². The molecule has 44 heavy (non-hydrogen) atoms. The zero-order chi connectivity index (χ0) is 29.3. The lowest BCUT2D eigenvalue weighted by atomic mass is 9.91. The van der Waals surface area contributed by atoms with Crippen LogP contribution in [0.5, 0.6) is 0 Å². The van der Waals surface area contributed by atoms with E-state index in [-0.39, 0.29) is 0 Å². The van der Waals surface area contributed by atoms with E-state index in [1.807, 2.05) is 0 Å². The minimum Gasteiger partial charge on any atom is -0.0622 e. The van der Waals surface area contributed by atoms with Crippen molar-refractivity contribution in [2.45, 2.75) is 0 Å². The van der Waals surface area contributed by atoms with Gasteiger partial charge >= 0.3 is 0 Å². The van der Waals surface area contributed by atoms with Gasteiger partial charge in [0.05, 0.1) is 0 Å². The van der Waals surface area contributed by atoms with Crippen molar-refractivity contribution in [3.05, 3.63) is 182 Å². The van der Waals surface area contributed by atoms with Crippen molar-refractivity contribution in [1.82, 2.24) is 0 Å². The van der Waals surface area contributed by atoms with E-state index in [1.165, 1.54) is 77.2 Å². The van der Waals surface area contributed by atoms with Crippen molar-refractivity contribution < 1.29 is 0 Å². The summed E-state index contributed by atoms with van der Waals surface area (Å²) in [4.78, 5) is 0. The van der Waals surface area contributed by atoms with Crippen molar-refractivity contribution in [2.24, 2.45) is 0 Å². The lowest BCUT2D eigenvalue weighted by Crippen LogP contribution is -1.87. The van der Waals surface area contributed by atoms with Crippen LogP contribution < -0.4 is 0 Å². The van der Waals surface area contributed by atoms with Gasteiger partial charge in [-0.1, -0.05) is 152 Å². The van der Waals surface area contributed by atoms with Gasteiger partial charge in [-0.15, -0.1) is 0 Å². The van der Waals surface area contributed by atoms with Crippen LogP contribution in [0.25, 0.3) is 77.2 Å². The Morgan fingerprint density at radius 1 is 0.205 bits per heavy atom. The molecule has 0 unspecified atom stereocenters. The van der Waals surface area contributed by atoms with Gasteiger partial charge in [-0.05, 0) is 108 Å². The average molecular weight is 559 g/mol. The first-order valence-corrected chi connectivity index (χ1v) is 15.2. The molecular formula is C44H30. The smallest absolute Gasteiger partial charge is 0.0105 e. The molecule has 0 saturated carbocycles. The van der Waals surface area contributed by atoms with Gasteiger partial charge in [0.2, 0.25) is 0 Å². The molecule has 0 spiro atoms. The van der Waals surface area contributed by atoms with E-state index in [2.05, 4.69) is 182 Å². The lowest BCUT2D eigenvalue weighted by Gasteiger charge is -2.13. The van der Waals surface area contributed by atoms with Gasteiger partial charge in [0.15, 0.2) is 0 Å². The topological polar surface area (TPSA) is 0 Å². The molecule has 0 N–H and O–H groups in total. The van der Waals surface area contributed by atoms with Crippen LogP contribution in [-0.4, -0.2) is 0 Å². The van der Waals surface area contributed by atoms with Gasteiger partial charge in [-0.25, -0.2) is 0 Å². The zero-order valence-corrected chi connectivity index (χ0v) is 24.3. The number of fused-ring (bicyclic) bond motifs is 2. The molecule has 0 aliphatic carbocycles. The number of rotatable bonds is 5. The third-order valence-corrected chi connectivity index (χ3v) is 8.64. The van der Waals surface area contributed by atoms with Crippen LogP contribution in [0.1, 0.15) is 0 Å². The van der Waals surface area contributed by atoms with Crippen molar-refractivity contribution >= 4 is 21.5 Å². The molecule has 8 rings (SSSR count). The summed E-state index contributed by atoms with van der Waals surface area (Å²) >= 11 is 0. The van der Waals surface area contributed by atoms with Gasteiger partial charge < -0.3 is 0 Å². The molecule has 0 heteroatoms. The maximum absolute atomic E-state index is 2.33. The lowest BCUT2D eigenvalue weighted by molar-refractivity contribution is 1.57. The first-order chi connectivity index (χ1) is 21.8. The molecule has 0 saturated heterocycles. The van der Waals surface area contributed by atoms with Gasteiger partial charge in [0, 0.05) is 0 Å². The van der Waals surface area contributed by atoms with Crippen molar-refractivity contribution in [3.8, 4) is 55.6 Å². The normalized spacial score (nSPS) is 11.2. The van der Waals surface area contributed by atoms with Gasteiger partial charge in [-0.3, -0.25) is 0 Å². The van der Waals surface area contributed by atoms with Crippen LogP contribution in [0.3, 0.4) is 0 Å². The minimum absolute atomic E-state index is 1.21. The summed E-state index contributed by atoms with van der Waals surface area (Å²) in [5, 5.41) is 5.04. The number of hydrogen-bond donors (Lipinski definition) is 0. The Balaban J connectivity index is 1.20. The Bertz CT molecular complexity index is 2240. The quantitative estimate of drug-likeness (QED) is 0.197. The molecule has 0 fully saturated rings. The summed E-state index contributed by atoms with van der Waals surface area (Å²) < 4.78 is 0. The van der Waals surface area contributed by atoms with Crippen molar-refractivity contribution in [1.29, 1.82) is 0 Å². The molecule has 0 aliphatic heterocycles. The molecule has 0 aromatic heterocycles. The highest BCUT2D eigenvalue weighted by molar-refractivity contribution is 5.97. The fourth-order valence-electron chi connectivity index (χ4n) is 6.31. The van der Waals surface area contributed by atoms with Crippen LogP contribution in [0.4, 0.5) is 0 Å². The molecular weight excluding hydrogens is 528 g/mol. The van der Waals surface area contributed by atoms with E-state index < -0.39 is 0 Å². The summed E-state index contributed by atoms with van der Waals surface area (Å²) in [7, 11) is 0. The summed E-state index contributed by atoms with van der Waals surface area (Å²) in [6.45, 7) is 0. The Kier molecular flexibility index (Phi) is 6.59. The maximum atomic E-state index is 2.33. The highest BCUT2D eigenvalue weighted by Crippen LogP contribution is 2.36. The molecule has 0 bridgehead atoms. The van der Waals surface area contributed by atoms with E-state index in [0.29, 0.717) is 0 Å². The zero-order valence-electron chi connectivity index (χ0n) is 24.3. The van der Waals surface area contributed by atoms with Crippen molar-refractivity contribution in [3.63, 3.8) is 0 Å². The van der Waals surface area contributed by atoms with Crippen LogP contribution in [0.15, 0.2) is 182 Å². The molecule has 0 aliphatic rings. The highest BCUT2D eigenvalue weighted by Gasteiger charge is 2.10. The standard InChI is InChI=1S/C44H30/c1-3-10-31(11-4-1)36-22-23-38-27-39(25-24-37(38)26-36)42-29-40(32-12-5-2-6-13-32)28-41(30-42)33-18-20-35(21-19-33)44-17-9-15-34-14-7-8-16-43(34)44/h1-30H. The number of hydrogen-bond acceptors (Lipinski definition) is 0. The maximum Gasteiger partial charge on any atom is -0.0105 e. The van der Waals surface area contributed by atoms with E-state index in [4.69, 9.17) is 0 Å². The Morgan fingerprint density at radius 3 is 1.27 bits per heavy atom. The molecule has 0 heterocycles. The second-order valence-corrected chi connectivity index (χ2v) is 11.4. The molecule has 206 valence electrons. The Morgan fingerprint density at radius 2 is 0.636 bits per heavy atom. The molecule has 8 aromatic carbocycles. The third kappa shape index (κ3) is 4.97. The van der Waals surface area contributed by atoms with Crippen LogP contribution in [0.2, 0.25) is 0 Å². The van der Waals surface area contributed by atoms with E-state index in [9.17, 15) is 0 Å². The molecule has 8 aromatic rings. The fourth-order valence-corrected chi connectivity index (χ4v) is 6.31. The number of benzene rings is 8. The summed E-state index contributed by atoms with van der Waals surface area (Å²) in [5.41, 5.74) is 12.3. The fraction of sp³-hybridized carbons (Fsp3) is 0. The predicted molar refractivity (Wildman–Crippen MR) is 189 cm³/mol. The monoisotopic (exact) mass is 558 g/mol. The van der Waals surface area contributed by atoms with Crippen LogP contribution >= 0.6 is 0 Å². The molecule has 0 nitrogen and oxygen atoms in total. The highest BCUT2D eigenvalue weighted by atomic mass is 14.1. The summed E-state index contributed by atoms with van der Waals surface area (Å²) in [6, 6.07) is 66.0. The van der Waals surface area contributed by atoms with E-state index in [1.54, 1.807) is 0 Å². The second-order valence-electron chi connectivity index (χ2n) is 11.4. The second kappa shape index (κ2) is 11.2. The average Bonchev–Trinajstić information content (AvgIpc) is 3.11. The molecule has 0 atom stereocenters. The Labute approximate surface area is 258 Å². The first-order valence-electron chi connectivity index (χ1n) is 15.2. The molecule has 0 amide bonds. The summed E-state index contributed by atoms with van der Waals surface area (Å²) in [6.07, 6.45) is 0. The van der Waals surface area contributed by atoms with Gasteiger partial charge in [0.1, 0.15) is 0 Å². The third-order valence-electron chi connectivity index (χ3n) is 8.64. The predicted octanol–water partition coefficient (Wildman–Crippen LogP) is 12.3. The molecule has 0 radical (unpaired) electrons. The first kappa shape index (κ1) is 25.9. The van der Waals surface area contributed by atoms with Crippen molar-refractivity contribution in [2.75, 3.05) is 0 Å².